The van der Waals surface area contributed by atoms with Gasteiger partial charge in [0.05, 0.1) is 0 Å². The number of nitrogens with zero attached hydrogens (tertiary/aromatic N) is 1. The SMILES string of the molecule is CCC(=O)c1cc(C(=O)CC2[C@H]3CC(O[Si](C)(C)C(C)(C)C)C[C@@H]23)cc(Cc2ccccc2)n1. The van der Waals surface area contributed by atoms with Gasteiger partial charge in [0, 0.05) is 36.6 Å². The molecule has 1 heterocycles. The molecule has 1 aromatic heterocycles. The molecule has 2 aliphatic rings. The van der Waals surface area contributed by atoms with Gasteiger partial charge in [0.15, 0.2) is 19.9 Å². The zero-order chi connectivity index (χ0) is 24.7. The van der Waals surface area contributed by atoms with Gasteiger partial charge in [-0.05, 0) is 66.4 Å². The molecule has 4 nitrogen and oxygen atoms in total. The first kappa shape index (κ1) is 25.0. The maximum atomic E-state index is 13.3. The molecular formula is C29H39NO3Si. The molecule has 4 atom stereocenters. The van der Waals surface area contributed by atoms with Gasteiger partial charge in [0.2, 0.25) is 0 Å². The highest BCUT2D eigenvalue weighted by atomic mass is 28.4. The first-order valence-electron chi connectivity index (χ1n) is 12.8. The number of aromatic nitrogens is 1. The van der Waals surface area contributed by atoms with Crippen molar-refractivity contribution < 1.29 is 14.0 Å². The molecule has 0 aliphatic heterocycles. The summed E-state index contributed by atoms with van der Waals surface area (Å²) < 4.78 is 6.64. The van der Waals surface area contributed by atoms with Gasteiger partial charge in [0.25, 0.3) is 0 Å². The minimum absolute atomic E-state index is 0.0159. The van der Waals surface area contributed by atoms with E-state index in [1.807, 2.05) is 43.3 Å². The Kier molecular flexibility index (Phi) is 6.98. The number of pyridine rings is 1. The minimum atomic E-state index is -1.75. The van der Waals surface area contributed by atoms with E-state index < -0.39 is 8.32 Å². The van der Waals surface area contributed by atoms with E-state index >= 15 is 0 Å². The van der Waals surface area contributed by atoms with Crippen molar-refractivity contribution in [3.8, 4) is 0 Å². The lowest BCUT2D eigenvalue weighted by Crippen LogP contribution is -2.43. The number of hydrogen-bond donors (Lipinski definition) is 0. The fourth-order valence-electron chi connectivity index (χ4n) is 5.22. The number of carbonyl (C=O) groups excluding carboxylic acids is 2. The Labute approximate surface area is 205 Å². The van der Waals surface area contributed by atoms with Crippen LogP contribution in [-0.2, 0) is 10.8 Å². The molecule has 2 saturated carbocycles. The van der Waals surface area contributed by atoms with Crippen LogP contribution in [0.5, 0.6) is 0 Å². The van der Waals surface area contributed by atoms with Gasteiger partial charge in [-0.2, -0.15) is 0 Å². The van der Waals surface area contributed by atoms with Crippen molar-refractivity contribution in [3.63, 3.8) is 0 Å². The maximum absolute atomic E-state index is 13.3. The van der Waals surface area contributed by atoms with Gasteiger partial charge in [-0.15, -0.1) is 0 Å². The van der Waals surface area contributed by atoms with E-state index in [2.05, 4.69) is 38.8 Å². The second-order valence-electron chi connectivity index (χ2n) is 11.8. The van der Waals surface area contributed by atoms with E-state index in [1.165, 1.54) is 0 Å². The number of benzene rings is 1. The highest BCUT2D eigenvalue weighted by Gasteiger charge is 2.57. The van der Waals surface area contributed by atoms with Crippen LogP contribution < -0.4 is 0 Å². The molecule has 0 spiro atoms. The molecule has 34 heavy (non-hydrogen) atoms. The lowest BCUT2D eigenvalue weighted by molar-refractivity contribution is 0.0962. The average molecular weight is 478 g/mol. The van der Waals surface area contributed by atoms with Crippen LogP contribution in [0.2, 0.25) is 18.1 Å². The van der Waals surface area contributed by atoms with Crippen LogP contribution in [0.1, 0.15) is 85.5 Å². The van der Waals surface area contributed by atoms with Crippen LogP contribution in [0.4, 0.5) is 0 Å². The number of Topliss-reactive ketones (excluding diaryl/α,β-unsaturated/α-hetero) is 2. The van der Waals surface area contributed by atoms with Crippen LogP contribution in [0.3, 0.4) is 0 Å². The van der Waals surface area contributed by atoms with Crippen molar-refractivity contribution in [2.45, 2.75) is 84.0 Å². The Balaban J connectivity index is 1.41. The molecule has 0 N–H and O–H groups in total. The van der Waals surface area contributed by atoms with E-state index in [4.69, 9.17) is 4.43 Å². The minimum Gasteiger partial charge on any atom is -0.414 e. The molecule has 0 saturated heterocycles. The third-order valence-corrected chi connectivity index (χ3v) is 12.8. The molecule has 2 aliphatic carbocycles. The molecule has 2 aromatic rings. The number of carbonyl (C=O) groups is 2. The Morgan fingerprint density at radius 3 is 2.26 bits per heavy atom. The predicted molar refractivity (Wildman–Crippen MR) is 139 cm³/mol. The van der Waals surface area contributed by atoms with Crippen LogP contribution in [0.25, 0.3) is 0 Å². The smallest absolute Gasteiger partial charge is 0.192 e. The summed E-state index contributed by atoms with van der Waals surface area (Å²) >= 11 is 0. The molecule has 0 radical (unpaired) electrons. The number of hydrogen-bond acceptors (Lipinski definition) is 4. The number of rotatable bonds is 9. The van der Waals surface area contributed by atoms with E-state index in [0.717, 1.165) is 24.1 Å². The largest absolute Gasteiger partial charge is 0.414 e. The maximum Gasteiger partial charge on any atom is 0.192 e. The van der Waals surface area contributed by atoms with Gasteiger partial charge < -0.3 is 4.43 Å². The predicted octanol–water partition coefficient (Wildman–Crippen LogP) is 6.88. The van der Waals surface area contributed by atoms with Crippen molar-refractivity contribution in [3.05, 3.63) is 65.0 Å². The Hall–Kier alpha value is -2.11. The number of fused-ring (bicyclic) bond motifs is 1. The van der Waals surface area contributed by atoms with Gasteiger partial charge in [-0.3, -0.25) is 9.59 Å². The molecule has 2 fully saturated rings. The molecule has 4 rings (SSSR count). The summed E-state index contributed by atoms with van der Waals surface area (Å²) in [5.41, 5.74) is 2.96. The molecule has 2 unspecified atom stereocenters. The lowest BCUT2D eigenvalue weighted by Gasteiger charge is -2.39. The first-order valence-corrected chi connectivity index (χ1v) is 15.7. The van der Waals surface area contributed by atoms with Crippen molar-refractivity contribution >= 4 is 19.9 Å². The number of ketones is 2. The van der Waals surface area contributed by atoms with Crippen molar-refractivity contribution in [2.75, 3.05) is 0 Å². The third kappa shape index (κ3) is 5.41. The molecule has 182 valence electrons. The van der Waals surface area contributed by atoms with E-state index in [9.17, 15) is 9.59 Å². The molecule has 5 heteroatoms. The lowest BCUT2D eigenvalue weighted by atomic mass is 9.98. The van der Waals surface area contributed by atoms with E-state index in [0.29, 0.717) is 54.4 Å². The van der Waals surface area contributed by atoms with Crippen LogP contribution in [0, 0.1) is 17.8 Å². The van der Waals surface area contributed by atoms with Crippen molar-refractivity contribution in [1.82, 2.24) is 4.98 Å². The molecular weight excluding hydrogens is 438 g/mol. The fourth-order valence-corrected chi connectivity index (χ4v) is 6.60. The highest BCUT2D eigenvalue weighted by molar-refractivity contribution is 6.74. The average Bonchev–Trinajstić information content (AvgIpc) is 3.21. The topological polar surface area (TPSA) is 56.3 Å². The third-order valence-electron chi connectivity index (χ3n) is 8.30. The first-order chi connectivity index (χ1) is 16.0. The molecule has 1 aromatic carbocycles. The van der Waals surface area contributed by atoms with Crippen molar-refractivity contribution in [2.24, 2.45) is 17.8 Å². The van der Waals surface area contributed by atoms with Gasteiger partial charge >= 0.3 is 0 Å². The summed E-state index contributed by atoms with van der Waals surface area (Å²) in [6.45, 7) is 13.3. The van der Waals surface area contributed by atoms with E-state index in [-0.39, 0.29) is 16.6 Å². The summed E-state index contributed by atoms with van der Waals surface area (Å²) in [5, 5.41) is 0.224. The normalized spacial score (nSPS) is 24.1. The standard InChI is InChI=1S/C29H39NO3Si/c1-7-27(31)26-15-20(14-21(30-26)13-19-11-9-8-10-12-19)28(32)18-25-23-16-22(17-24(23)25)33-34(5,6)29(2,3)4/h8-12,14-15,22-25H,7,13,16-18H2,1-6H3/t22?,23-,24+,25?. The summed E-state index contributed by atoms with van der Waals surface area (Å²) in [7, 11) is -1.75. The Bertz CT molecular complexity index is 1040. The Morgan fingerprint density at radius 2 is 1.68 bits per heavy atom. The fraction of sp³-hybridized carbons (Fsp3) is 0.552. The Morgan fingerprint density at radius 1 is 1.03 bits per heavy atom. The monoisotopic (exact) mass is 477 g/mol. The van der Waals surface area contributed by atoms with Crippen LogP contribution in [0.15, 0.2) is 42.5 Å². The molecule has 0 amide bonds. The van der Waals surface area contributed by atoms with Crippen LogP contribution in [-0.4, -0.2) is 31.0 Å². The second kappa shape index (κ2) is 9.50. The summed E-state index contributed by atoms with van der Waals surface area (Å²) in [4.78, 5) is 30.3. The molecule has 0 bridgehead atoms. The summed E-state index contributed by atoms with van der Waals surface area (Å²) in [5.74, 6) is 1.81. The zero-order valence-electron chi connectivity index (χ0n) is 21.6. The van der Waals surface area contributed by atoms with Crippen LogP contribution >= 0.6 is 0 Å². The zero-order valence-corrected chi connectivity index (χ0v) is 22.6. The quantitative estimate of drug-likeness (QED) is 0.292. The summed E-state index contributed by atoms with van der Waals surface area (Å²) in [6.07, 6.45) is 4.10. The summed E-state index contributed by atoms with van der Waals surface area (Å²) in [6, 6.07) is 13.7. The highest BCUT2D eigenvalue weighted by Crippen LogP contribution is 2.60. The van der Waals surface area contributed by atoms with Gasteiger partial charge in [0.1, 0.15) is 5.69 Å². The van der Waals surface area contributed by atoms with Gasteiger partial charge in [-0.1, -0.05) is 58.0 Å². The van der Waals surface area contributed by atoms with Gasteiger partial charge in [-0.25, -0.2) is 4.98 Å². The van der Waals surface area contributed by atoms with Crippen molar-refractivity contribution in [1.29, 1.82) is 0 Å². The van der Waals surface area contributed by atoms with E-state index in [1.54, 1.807) is 6.07 Å². The second-order valence-corrected chi connectivity index (χ2v) is 16.5.